The largest absolute Gasteiger partial charge is 0.463 e. The van der Waals surface area contributed by atoms with E-state index in [-0.39, 0.29) is 31.1 Å². The number of hydrogen-bond acceptors (Lipinski definition) is 4. The molecule has 0 unspecified atom stereocenters. The van der Waals surface area contributed by atoms with Crippen LogP contribution in [0.3, 0.4) is 0 Å². The zero-order chi connectivity index (χ0) is 13.4. The van der Waals surface area contributed by atoms with Crippen molar-refractivity contribution in [3.63, 3.8) is 0 Å². The van der Waals surface area contributed by atoms with Crippen molar-refractivity contribution in [3.05, 3.63) is 24.5 Å². The molecule has 0 saturated carbocycles. The van der Waals surface area contributed by atoms with Gasteiger partial charge in [0.1, 0.15) is 0 Å². The molecule has 2 amide bonds. The molecule has 0 atom stereocenters. The molecule has 1 heterocycles. The Kier molecular flexibility index (Phi) is 5.63. The normalized spacial score (nSPS) is 9.94. The number of carbonyl (C=O) groups is 2. The van der Waals surface area contributed by atoms with Crippen LogP contribution in [0, 0.1) is 0 Å². The van der Waals surface area contributed by atoms with Crippen LogP contribution in [-0.2, 0) is 9.53 Å². The van der Waals surface area contributed by atoms with Crippen molar-refractivity contribution in [1.29, 1.82) is 0 Å². The SMILES string of the molecule is CC(C)OC(=O)CCNC(=O)Nc1cccnc1. The second kappa shape index (κ2) is 7.26. The molecule has 0 bridgehead atoms. The summed E-state index contributed by atoms with van der Waals surface area (Å²) in [5.41, 5.74) is 0.597. The topological polar surface area (TPSA) is 80.3 Å². The van der Waals surface area contributed by atoms with Crippen LogP contribution in [-0.4, -0.2) is 29.6 Å². The molecule has 6 heteroatoms. The first-order valence-electron chi connectivity index (χ1n) is 5.72. The third-order valence-electron chi connectivity index (χ3n) is 1.90. The maximum absolute atomic E-state index is 11.4. The van der Waals surface area contributed by atoms with E-state index in [2.05, 4.69) is 15.6 Å². The monoisotopic (exact) mass is 251 g/mol. The van der Waals surface area contributed by atoms with Crippen molar-refractivity contribution < 1.29 is 14.3 Å². The minimum Gasteiger partial charge on any atom is -0.463 e. The minimum atomic E-state index is -0.375. The molecule has 1 aromatic heterocycles. The van der Waals surface area contributed by atoms with Gasteiger partial charge in [-0.1, -0.05) is 0 Å². The first-order chi connectivity index (χ1) is 8.58. The summed E-state index contributed by atoms with van der Waals surface area (Å²) in [4.78, 5) is 26.5. The van der Waals surface area contributed by atoms with E-state index >= 15 is 0 Å². The summed E-state index contributed by atoms with van der Waals surface area (Å²) in [5.74, 6) is -0.327. The Morgan fingerprint density at radius 2 is 2.22 bits per heavy atom. The van der Waals surface area contributed by atoms with E-state index in [1.54, 1.807) is 32.2 Å². The number of rotatable bonds is 5. The highest BCUT2D eigenvalue weighted by atomic mass is 16.5. The zero-order valence-corrected chi connectivity index (χ0v) is 10.5. The number of nitrogens with one attached hydrogen (secondary N) is 2. The van der Waals surface area contributed by atoms with E-state index in [1.807, 2.05) is 0 Å². The number of ether oxygens (including phenoxy) is 1. The molecular weight excluding hydrogens is 234 g/mol. The van der Waals surface area contributed by atoms with Gasteiger partial charge in [0.2, 0.25) is 0 Å². The lowest BCUT2D eigenvalue weighted by atomic mass is 10.4. The van der Waals surface area contributed by atoms with Crippen molar-refractivity contribution in [2.24, 2.45) is 0 Å². The fraction of sp³-hybridized carbons (Fsp3) is 0.417. The van der Waals surface area contributed by atoms with Crippen molar-refractivity contribution in [3.8, 4) is 0 Å². The van der Waals surface area contributed by atoms with Crippen LogP contribution in [0.25, 0.3) is 0 Å². The van der Waals surface area contributed by atoms with Crippen LogP contribution in [0.15, 0.2) is 24.5 Å². The Labute approximate surface area is 106 Å². The number of amides is 2. The van der Waals surface area contributed by atoms with E-state index in [1.165, 1.54) is 6.20 Å². The zero-order valence-electron chi connectivity index (χ0n) is 10.5. The summed E-state index contributed by atoms with van der Waals surface area (Å²) in [5, 5.41) is 5.15. The second-order valence-corrected chi connectivity index (χ2v) is 3.91. The van der Waals surface area contributed by atoms with Crippen LogP contribution < -0.4 is 10.6 Å². The van der Waals surface area contributed by atoms with Crippen molar-refractivity contribution in [2.45, 2.75) is 26.4 Å². The fourth-order valence-electron chi connectivity index (χ4n) is 1.21. The molecule has 2 N–H and O–H groups in total. The van der Waals surface area contributed by atoms with E-state index < -0.39 is 0 Å². The Morgan fingerprint density at radius 3 is 2.83 bits per heavy atom. The summed E-state index contributed by atoms with van der Waals surface area (Å²) in [6.07, 6.45) is 3.16. The number of pyridine rings is 1. The quantitative estimate of drug-likeness (QED) is 0.778. The molecule has 0 aliphatic rings. The predicted octanol–water partition coefficient (Wildman–Crippen LogP) is 1.54. The maximum atomic E-state index is 11.4. The van der Waals surface area contributed by atoms with Crippen molar-refractivity contribution >= 4 is 17.7 Å². The van der Waals surface area contributed by atoms with E-state index in [9.17, 15) is 9.59 Å². The van der Waals surface area contributed by atoms with Gasteiger partial charge in [-0.2, -0.15) is 0 Å². The third kappa shape index (κ3) is 5.83. The smallest absolute Gasteiger partial charge is 0.319 e. The Morgan fingerprint density at radius 1 is 1.44 bits per heavy atom. The van der Waals surface area contributed by atoms with Gasteiger partial charge in [-0.05, 0) is 26.0 Å². The third-order valence-corrected chi connectivity index (χ3v) is 1.90. The lowest BCUT2D eigenvalue weighted by molar-refractivity contribution is -0.147. The fourth-order valence-corrected chi connectivity index (χ4v) is 1.21. The molecule has 0 saturated heterocycles. The highest BCUT2D eigenvalue weighted by Gasteiger charge is 2.06. The van der Waals surface area contributed by atoms with Crippen LogP contribution in [0.4, 0.5) is 10.5 Å². The van der Waals surface area contributed by atoms with Crippen molar-refractivity contribution in [2.75, 3.05) is 11.9 Å². The molecule has 0 aliphatic carbocycles. The lowest BCUT2D eigenvalue weighted by Gasteiger charge is -2.09. The van der Waals surface area contributed by atoms with E-state index in [0.29, 0.717) is 5.69 Å². The molecule has 98 valence electrons. The number of aromatic nitrogens is 1. The van der Waals surface area contributed by atoms with Gasteiger partial charge in [0.15, 0.2) is 0 Å². The number of hydrogen-bond donors (Lipinski definition) is 2. The highest BCUT2D eigenvalue weighted by molar-refractivity contribution is 5.89. The molecule has 0 aliphatic heterocycles. The average molecular weight is 251 g/mol. The van der Waals surface area contributed by atoms with Crippen LogP contribution in [0.2, 0.25) is 0 Å². The average Bonchev–Trinajstić information content (AvgIpc) is 2.29. The Bertz CT molecular complexity index is 393. The van der Waals surface area contributed by atoms with Gasteiger partial charge in [0, 0.05) is 12.7 Å². The molecular formula is C12H17N3O3. The standard InChI is InChI=1S/C12H17N3O3/c1-9(2)18-11(16)5-7-14-12(17)15-10-4-3-6-13-8-10/h3-4,6,8-9H,5,7H2,1-2H3,(H2,14,15,17). The van der Waals surface area contributed by atoms with Gasteiger partial charge in [0.25, 0.3) is 0 Å². The first kappa shape index (κ1) is 14.0. The molecule has 18 heavy (non-hydrogen) atoms. The van der Waals surface area contributed by atoms with Gasteiger partial charge in [-0.25, -0.2) is 4.79 Å². The molecule has 6 nitrogen and oxygen atoms in total. The van der Waals surface area contributed by atoms with Gasteiger partial charge in [-0.3, -0.25) is 9.78 Å². The molecule has 0 aromatic carbocycles. The molecule has 1 rings (SSSR count). The number of carbonyl (C=O) groups excluding carboxylic acids is 2. The van der Waals surface area contributed by atoms with Crippen LogP contribution in [0.5, 0.6) is 0 Å². The van der Waals surface area contributed by atoms with E-state index in [4.69, 9.17) is 4.74 Å². The van der Waals surface area contributed by atoms with Gasteiger partial charge < -0.3 is 15.4 Å². The van der Waals surface area contributed by atoms with Crippen molar-refractivity contribution in [1.82, 2.24) is 10.3 Å². The Balaban J connectivity index is 2.20. The number of esters is 1. The molecule has 0 spiro atoms. The molecule has 0 fully saturated rings. The first-order valence-corrected chi connectivity index (χ1v) is 5.72. The minimum absolute atomic E-state index is 0.137. The number of anilines is 1. The second-order valence-electron chi connectivity index (χ2n) is 3.91. The summed E-state index contributed by atoms with van der Waals surface area (Å²) >= 11 is 0. The predicted molar refractivity (Wildman–Crippen MR) is 67.1 cm³/mol. The summed E-state index contributed by atoms with van der Waals surface area (Å²) in [6.45, 7) is 3.79. The number of nitrogens with zero attached hydrogens (tertiary/aromatic N) is 1. The summed E-state index contributed by atoms with van der Waals surface area (Å²) in [6, 6.07) is 3.07. The summed E-state index contributed by atoms with van der Waals surface area (Å²) in [7, 11) is 0. The van der Waals surface area contributed by atoms with Gasteiger partial charge in [-0.15, -0.1) is 0 Å². The molecule has 1 aromatic rings. The van der Waals surface area contributed by atoms with Gasteiger partial charge in [0.05, 0.1) is 24.4 Å². The van der Waals surface area contributed by atoms with Crippen LogP contribution >= 0.6 is 0 Å². The number of urea groups is 1. The maximum Gasteiger partial charge on any atom is 0.319 e. The lowest BCUT2D eigenvalue weighted by Crippen LogP contribution is -2.31. The molecule has 0 radical (unpaired) electrons. The van der Waals surface area contributed by atoms with Gasteiger partial charge >= 0.3 is 12.0 Å². The highest BCUT2D eigenvalue weighted by Crippen LogP contribution is 2.01. The van der Waals surface area contributed by atoms with Crippen LogP contribution in [0.1, 0.15) is 20.3 Å². The Hall–Kier alpha value is -2.11. The summed E-state index contributed by atoms with van der Waals surface area (Å²) < 4.78 is 4.93. The van der Waals surface area contributed by atoms with E-state index in [0.717, 1.165) is 0 Å².